The van der Waals surface area contributed by atoms with Crippen LogP contribution in [-0.4, -0.2) is 23.2 Å². The molecule has 0 aliphatic rings. The number of thioether (sulfide) groups is 1. The molecule has 1 atom stereocenters. The zero-order chi connectivity index (χ0) is 14.6. The summed E-state index contributed by atoms with van der Waals surface area (Å²) in [5.41, 5.74) is 4.72. The monoisotopic (exact) mass is 320 g/mol. The molecule has 1 aromatic carbocycles. The Kier molecular flexibility index (Phi) is 5.99. The zero-order valence-corrected chi connectivity index (χ0v) is 13.5. The number of benzene rings is 1. The van der Waals surface area contributed by atoms with E-state index in [4.69, 9.17) is 28.9 Å². The van der Waals surface area contributed by atoms with Crippen LogP contribution in [0.25, 0.3) is 0 Å². The SMILES string of the molecule is CC(C)NC(C)(CSc1ccc(Cl)c(Cl)c1)C(N)=O. The molecule has 3 nitrogen and oxygen atoms in total. The molecule has 0 heterocycles. The van der Waals surface area contributed by atoms with Gasteiger partial charge in [0.1, 0.15) is 5.54 Å². The third kappa shape index (κ3) is 4.88. The van der Waals surface area contributed by atoms with E-state index in [1.807, 2.05) is 19.9 Å². The number of amides is 1. The minimum atomic E-state index is -0.759. The normalized spacial score (nSPS) is 14.4. The number of nitrogens with two attached hydrogens (primary N) is 1. The molecule has 1 rings (SSSR count). The summed E-state index contributed by atoms with van der Waals surface area (Å²) >= 11 is 13.3. The molecule has 3 N–H and O–H groups in total. The Morgan fingerprint density at radius 2 is 2.05 bits per heavy atom. The molecule has 0 spiro atoms. The molecule has 0 saturated heterocycles. The first-order valence-electron chi connectivity index (χ1n) is 5.90. The molecule has 0 aliphatic heterocycles. The van der Waals surface area contributed by atoms with Gasteiger partial charge in [0, 0.05) is 16.7 Å². The number of nitrogens with one attached hydrogen (secondary N) is 1. The summed E-state index contributed by atoms with van der Waals surface area (Å²) in [6, 6.07) is 5.57. The molecule has 1 aromatic rings. The molecular weight excluding hydrogens is 303 g/mol. The second kappa shape index (κ2) is 6.84. The number of carbonyl (C=O) groups is 1. The molecule has 0 bridgehead atoms. The predicted molar refractivity (Wildman–Crippen MR) is 83.1 cm³/mol. The van der Waals surface area contributed by atoms with E-state index in [0.29, 0.717) is 15.8 Å². The highest BCUT2D eigenvalue weighted by Gasteiger charge is 2.31. The third-order valence-electron chi connectivity index (χ3n) is 2.57. The van der Waals surface area contributed by atoms with Gasteiger partial charge in [-0.3, -0.25) is 4.79 Å². The molecule has 1 amide bonds. The van der Waals surface area contributed by atoms with Crippen molar-refractivity contribution in [3.8, 4) is 0 Å². The van der Waals surface area contributed by atoms with Crippen molar-refractivity contribution < 1.29 is 4.79 Å². The lowest BCUT2D eigenvalue weighted by Crippen LogP contribution is -2.57. The van der Waals surface area contributed by atoms with Crippen LogP contribution in [-0.2, 0) is 4.79 Å². The van der Waals surface area contributed by atoms with Crippen LogP contribution < -0.4 is 11.1 Å². The van der Waals surface area contributed by atoms with Crippen molar-refractivity contribution in [1.29, 1.82) is 0 Å². The lowest BCUT2D eigenvalue weighted by Gasteiger charge is -2.29. The van der Waals surface area contributed by atoms with Crippen molar-refractivity contribution in [1.82, 2.24) is 5.32 Å². The van der Waals surface area contributed by atoms with E-state index in [1.54, 1.807) is 19.1 Å². The van der Waals surface area contributed by atoms with E-state index < -0.39 is 5.54 Å². The summed E-state index contributed by atoms with van der Waals surface area (Å²) in [7, 11) is 0. The van der Waals surface area contributed by atoms with E-state index >= 15 is 0 Å². The number of hydrogen-bond donors (Lipinski definition) is 2. The van der Waals surface area contributed by atoms with Crippen LogP contribution in [0.2, 0.25) is 10.0 Å². The van der Waals surface area contributed by atoms with Crippen LogP contribution in [0.1, 0.15) is 20.8 Å². The number of halogens is 2. The van der Waals surface area contributed by atoms with Gasteiger partial charge in [0.05, 0.1) is 10.0 Å². The van der Waals surface area contributed by atoms with E-state index in [1.165, 1.54) is 11.8 Å². The van der Waals surface area contributed by atoms with Crippen LogP contribution >= 0.6 is 35.0 Å². The maximum Gasteiger partial charge on any atom is 0.238 e. The molecule has 106 valence electrons. The van der Waals surface area contributed by atoms with Gasteiger partial charge < -0.3 is 11.1 Å². The summed E-state index contributed by atoms with van der Waals surface area (Å²) in [5, 5.41) is 4.22. The number of hydrogen-bond acceptors (Lipinski definition) is 3. The second-order valence-electron chi connectivity index (χ2n) is 4.86. The zero-order valence-electron chi connectivity index (χ0n) is 11.2. The smallest absolute Gasteiger partial charge is 0.238 e. The Morgan fingerprint density at radius 1 is 1.42 bits per heavy atom. The highest BCUT2D eigenvalue weighted by Crippen LogP contribution is 2.29. The fraction of sp³-hybridized carbons (Fsp3) is 0.462. The van der Waals surface area contributed by atoms with Gasteiger partial charge in [-0.25, -0.2) is 0 Å². The molecule has 0 saturated carbocycles. The Bertz CT molecular complexity index is 468. The van der Waals surface area contributed by atoms with Gasteiger partial charge >= 0.3 is 0 Å². The first kappa shape index (κ1) is 16.6. The van der Waals surface area contributed by atoms with Crippen LogP contribution in [0, 0.1) is 0 Å². The first-order valence-corrected chi connectivity index (χ1v) is 7.64. The molecule has 0 aliphatic carbocycles. The minimum Gasteiger partial charge on any atom is -0.368 e. The van der Waals surface area contributed by atoms with Gasteiger partial charge in [-0.05, 0) is 39.0 Å². The van der Waals surface area contributed by atoms with Crippen molar-refractivity contribution in [2.75, 3.05) is 5.75 Å². The van der Waals surface area contributed by atoms with Crippen molar-refractivity contribution >= 4 is 40.9 Å². The Hall–Kier alpha value is -0.420. The molecule has 6 heteroatoms. The Balaban J connectivity index is 2.76. The lowest BCUT2D eigenvalue weighted by molar-refractivity contribution is -0.123. The minimum absolute atomic E-state index is 0.173. The number of primary amides is 1. The quantitative estimate of drug-likeness (QED) is 0.790. The summed E-state index contributed by atoms with van der Waals surface area (Å²) in [5.74, 6) is 0.159. The van der Waals surface area contributed by atoms with Crippen molar-refractivity contribution in [3.05, 3.63) is 28.2 Å². The maximum atomic E-state index is 11.6. The van der Waals surface area contributed by atoms with Gasteiger partial charge in [-0.2, -0.15) is 0 Å². The maximum absolute atomic E-state index is 11.6. The van der Waals surface area contributed by atoms with E-state index in [9.17, 15) is 4.79 Å². The summed E-state index contributed by atoms with van der Waals surface area (Å²) in [6.45, 7) is 5.76. The van der Waals surface area contributed by atoms with Crippen molar-refractivity contribution in [2.24, 2.45) is 5.73 Å². The van der Waals surface area contributed by atoms with E-state index in [0.717, 1.165) is 4.90 Å². The molecule has 0 radical (unpaired) electrons. The number of carbonyl (C=O) groups excluding carboxylic acids is 1. The highest BCUT2D eigenvalue weighted by atomic mass is 35.5. The summed E-state index contributed by atoms with van der Waals surface area (Å²) < 4.78 is 0. The van der Waals surface area contributed by atoms with Gasteiger partial charge in [-0.15, -0.1) is 11.8 Å². The second-order valence-corrected chi connectivity index (χ2v) is 6.72. The fourth-order valence-electron chi connectivity index (χ4n) is 1.62. The third-order valence-corrected chi connectivity index (χ3v) is 4.62. The van der Waals surface area contributed by atoms with Crippen LogP contribution in [0.15, 0.2) is 23.1 Å². The number of rotatable bonds is 6. The Labute approximate surface area is 128 Å². The molecule has 0 fully saturated rings. The predicted octanol–water partition coefficient (Wildman–Crippen LogP) is 3.33. The van der Waals surface area contributed by atoms with Gasteiger partial charge in [0.2, 0.25) is 5.91 Å². The summed E-state index contributed by atoms with van der Waals surface area (Å²) in [6.07, 6.45) is 0. The van der Waals surface area contributed by atoms with Crippen molar-refractivity contribution in [2.45, 2.75) is 37.2 Å². The van der Waals surface area contributed by atoms with Gasteiger partial charge in [0.25, 0.3) is 0 Å². The van der Waals surface area contributed by atoms with Crippen LogP contribution in [0.5, 0.6) is 0 Å². The highest BCUT2D eigenvalue weighted by molar-refractivity contribution is 7.99. The lowest BCUT2D eigenvalue weighted by atomic mass is 10.0. The standard InChI is InChI=1S/C13H18Cl2N2OS/c1-8(2)17-13(3,12(16)18)7-19-9-4-5-10(14)11(15)6-9/h4-6,8,17H,7H2,1-3H3,(H2,16,18). The van der Waals surface area contributed by atoms with Gasteiger partial charge in [0.15, 0.2) is 0 Å². The van der Waals surface area contributed by atoms with Crippen LogP contribution in [0.4, 0.5) is 0 Å². The van der Waals surface area contributed by atoms with Gasteiger partial charge in [-0.1, -0.05) is 23.2 Å². The first-order chi connectivity index (χ1) is 8.74. The molecule has 1 unspecified atom stereocenters. The van der Waals surface area contributed by atoms with Crippen LogP contribution in [0.3, 0.4) is 0 Å². The average molecular weight is 321 g/mol. The molecule has 0 aromatic heterocycles. The van der Waals surface area contributed by atoms with E-state index in [2.05, 4.69) is 5.32 Å². The topological polar surface area (TPSA) is 55.1 Å². The Morgan fingerprint density at radius 3 is 2.53 bits per heavy atom. The molecule has 19 heavy (non-hydrogen) atoms. The van der Waals surface area contributed by atoms with Crippen molar-refractivity contribution in [3.63, 3.8) is 0 Å². The largest absolute Gasteiger partial charge is 0.368 e. The summed E-state index contributed by atoms with van der Waals surface area (Å²) in [4.78, 5) is 12.5. The fourth-order valence-corrected chi connectivity index (χ4v) is 3.02. The molecular formula is C13H18Cl2N2OS. The van der Waals surface area contributed by atoms with E-state index in [-0.39, 0.29) is 11.9 Å². The average Bonchev–Trinajstić information content (AvgIpc) is 2.29.